The molecule has 1 saturated carbocycles. The number of thiophene rings is 1. The number of benzene rings is 1. The van der Waals surface area contributed by atoms with Crippen LogP contribution in [0.2, 0.25) is 5.02 Å². The van der Waals surface area contributed by atoms with E-state index < -0.39 is 5.97 Å². The van der Waals surface area contributed by atoms with Gasteiger partial charge in [0.25, 0.3) is 0 Å². The summed E-state index contributed by atoms with van der Waals surface area (Å²) < 4.78 is 0. The molecule has 3 rings (SSSR count). The number of hydrogen-bond acceptors (Lipinski definition) is 4. The maximum Gasteiger partial charge on any atom is 0.339 e. The van der Waals surface area contributed by atoms with Gasteiger partial charge in [-0.2, -0.15) is 0 Å². The molecule has 6 heteroatoms. The number of carboxylic acids is 1. The fourth-order valence-electron chi connectivity index (χ4n) is 3.37. The number of anilines is 1. The molecule has 2 aromatic rings. The first kappa shape index (κ1) is 22.2. The van der Waals surface area contributed by atoms with Gasteiger partial charge < -0.3 is 15.2 Å². The third-order valence-electron chi connectivity index (χ3n) is 4.79. The third-order valence-corrected chi connectivity index (χ3v) is 6.07. The lowest BCUT2D eigenvalue weighted by Gasteiger charge is -2.22. The highest BCUT2D eigenvalue weighted by Crippen LogP contribution is 2.36. The zero-order valence-corrected chi connectivity index (χ0v) is 17.6. The molecule has 0 amide bonds. The lowest BCUT2D eigenvalue weighted by molar-refractivity contribution is -0.108. The van der Waals surface area contributed by atoms with Crippen molar-refractivity contribution in [1.29, 1.82) is 0 Å². The molecule has 1 aromatic carbocycles. The molecule has 150 valence electrons. The van der Waals surface area contributed by atoms with Crippen LogP contribution in [0.4, 0.5) is 5.69 Å². The first-order chi connectivity index (χ1) is 13.5. The number of carbonyl (C=O) groups is 2. The molecule has 1 aliphatic carbocycles. The van der Waals surface area contributed by atoms with E-state index in [1.54, 1.807) is 24.6 Å². The van der Waals surface area contributed by atoms with E-state index in [1.165, 1.54) is 36.2 Å². The molecule has 0 saturated heterocycles. The zero-order valence-electron chi connectivity index (χ0n) is 16.0. The van der Waals surface area contributed by atoms with Gasteiger partial charge in [0.15, 0.2) is 0 Å². The molecular formula is C22H26ClNO3S. The number of allylic oxidation sites excluding steroid dienone is 1. The van der Waals surface area contributed by atoms with Crippen LogP contribution in [0, 0.1) is 5.92 Å². The first-order valence-corrected chi connectivity index (χ1v) is 10.6. The number of aromatic carboxylic acids is 1. The average molecular weight is 420 g/mol. The van der Waals surface area contributed by atoms with E-state index in [1.807, 2.05) is 12.1 Å². The van der Waals surface area contributed by atoms with Crippen LogP contribution >= 0.6 is 22.9 Å². The number of aldehydes is 1. The second-order valence-electron chi connectivity index (χ2n) is 6.87. The molecule has 0 bridgehead atoms. The van der Waals surface area contributed by atoms with Gasteiger partial charge in [-0.05, 0) is 55.7 Å². The summed E-state index contributed by atoms with van der Waals surface area (Å²) in [7, 11) is 1.71. The van der Waals surface area contributed by atoms with E-state index in [-0.39, 0.29) is 0 Å². The second-order valence-corrected chi connectivity index (χ2v) is 8.19. The largest absolute Gasteiger partial charge is 0.478 e. The van der Waals surface area contributed by atoms with Gasteiger partial charge in [0.1, 0.15) is 11.8 Å². The molecule has 1 fully saturated rings. The summed E-state index contributed by atoms with van der Waals surface area (Å²) in [6.07, 6.45) is 7.78. The minimum absolute atomic E-state index is 0.305. The number of rotatable bonds is 6. The van der Waals surface area contributed by atoms with Crippen LogP contribution in [0.3, 0.4) is 0 Å². The molecule has 4 nitrogen and oxygen atoms in total. The van der Waals surface area contributed by atoms with Gasteiger partial charge >= 0.3 is 5.97 Å². The van der Waals surface area contributed by atoms with E-state index in [2.05, 4.69) is 11.9 Å². The van der Waals surface area contributed by atoms with Crippen molar-refractivity contribution >= 4 is 40.9 Å². The molecule has 0 spiro atoms. The van der Waals surface area contributed by atoms with Crippen molar-refractivity contribution in [3.8, 4) is 10.4 Å². The summed E-state index contributed by atoms with van der Waals surface area (Å²) in [4.78, 5) is 22.1. The maximum absolute atomic E-state index is 11.2. The van der Waals surface area contributed by atoms with Gasteiger partial charge in [0.05, 0.1) is 10.6 Å². The fourth-order valence-corrected chi connectivity index (χ4v) is 4.56. The summed E-state index contributed by atoms with van der Waals surface area (Å²) in [5.41, 5.74) is 3.18. The Kier molecular flexibility index (Phi) is 8.74. The van der Waals surface area contributed by atoms with Crippen molar-refractivity contribution in [2.24, 2.45) is 5.92 Å². The monoisotopic (exact) mass is 419 g/mol. The Hall–Kier alpha value is -2.11. The van der Waals surface area contributed by atoms with Gasteiger partial charge in [0, 0.05) is 23.9 Å². The average Bonchev–Trinajstić information content (AvgIpc) is 3.12. The summed E-state index contributed by atoms with van der Waals surface area (Å²) in [6, 6.07) is 7.14. The lowest BCUT2D eigenvalue weighted by atomic mass is 9.84. The SMILES string of the molecule is C=C1CCCC(CCC=O)C1.CNc1csc(-c2ccc(Cl)cc2)c1C(=O)O. The Balaban J connectivity index is 0.000000221. The van der Waals surface area contributed by atoms with E-state index in [4.69, 9.17) is 11.6 Å². The zero-order chi connectivity index (χ0) is 20.5. The molecule has 1 aliphatic rings. The van der Waals surface area contributed by atoms with Crippen LogP contribution < -0.4 is 5.32 Å². The molecule has 1 aromatic heterocycles. The van der Waals surface area contributed by atoms with Crippen LogP contribution in [0.5, 0.6) is 0 Å². The van der Waals surface area contributed by atoms with Gasteiger partial charge in [0.2, 0.25) is 0 Å². The van der Waals surface area contributed by atoms with E-state index in [9.17, 15) is 14.7 Å². The Bertz CT molecular complexity index is 814. The molecule has 1 heterocycles. The Morgan fingerprint density at radius 1 is 1.39 bits per heavy atom. The van der Waals surface area contributed by atoms with E-state index in [0.717, 1.165) is 41.9 Å². The molecule has 0 aliphatic heterocycles. The Morgan fingerprint density at radius 3 is 2.68 bits per heavy atom. The summed E-state index contributed by atoms with van der Waals surface area (Å²) in [6.45, 7) is 3.98. The number of hydrogen-bond donors (Lipinski definition) is 2. The minimum Gasteiger partial charge on any atom is -0.478 e. The van der Waals surface area contributed by atoms with Crippen LogP contribution in [0.1, 0.15) is 48.9 Å². The number of nitrogens with one attached hydrogen (secondary N) is 1. The minimum atomic E-state index is -0.930. The molecule has 2 N–H and O–H groups in total. The van der Waals surface area contributed by atoms with Crippen molar-refractivity contribution in [3.05, 3.63) is 52.4 Å². The van der Waals surface area contributed by atoms with Crippen molar-refractivity contribution in [3.63, 3.8) is 0 Å². The Labute approximate surface area is 175 Å². The standard InChI is InChI=1S/C12H10ClNO2S.C10H16O/c1-14-9-6-17-11(10(9)12(15)16)7-2-4-8(13)5-3-7;1-9-4-2-5-10(8-9)6-3-7-11/h2-6,14H,1H3,(H,15,16);7,10H,1-6,8H2. The fraction of sp³-hybridized carbons (Fsp3) is 0.364. The quantitative estimate of drug-likeness (QED) is 0.413. The highest BCUT2D eigenvalue weighted by atomic mass is 35.5. The molecule has 1 atom stereocenters. The summed E-state index contributed by atoms with van der Waals surface area (Å²) >= 11 is 7.21. The van der Waals surface area contributed by atoms with Gasteiger partial charge in [-0.25, -0.2) is 4.79 Å². The van der Waals surface area contributed by atoms with Gasteiger partial charge in [-0.1, -0.05) is 35.9 Å². The molecule has 28 heavy (non-hydrogen) atoms. The Morgan fingerprint density at radius 2 is 2.11 bits per heavy atom. The lowest BCUT2D eigenvalue weighted by Crippen LogP contribution is -2.07. The van der Waals surface area contributed by atoms with E-state index in [0.29, 0.717) is 16.3 Å². The van der Waals surface area contributed by atoms with Crippen LogP contribution in [-0.2, 0) is 4.79 Å². The predicted octanol–water partition coefficient (Wildman–Crippen LogP) is 6.52. The van der Waals surface area contributed by atoms with Crippen molar-refractivity contribution in [1.82, 2.24) is 0 Å². The second kappa shape index (κ2) is 11.0. The summed E-state index contributed by atoms with van der Waals surface area (Å²) in [5.74, 6) is -0.179. The first-order valence-electron chi connectivity index (χ1n) is 9.35. The molecule has 1 unspecified atom stereocenters. The predicted molar refractivity (Wildman–Crippen MR) is 118 cm³/mol. The molecule has 0 radical (unpaired) electrons. The summed E-state index contributed by atoms with van der Waals surface area (Å²) in [5, 5.41) is 14.5. The van der Waals surface area contributed by atoms with Gasteiger partial charge in [-0.3, -0.25) is 0 Å². The topological polar surface area (TPSA) is 66.4 Å². The van der Waals surface area contributed by atoms with Crippen LogP contribution in [0.15, 0.2) is 41.8 Å². The van der Waals surface area contributed by atoms with Crippen molar-refractivity contribution in [2.45, 2.75) is 38.5 Å². The van der Waals surface area contributed by atoms with Crippen LogP contribution in [-0.4, -0.2) is 24.4 Å². The number of carbonyl (C=O) groups excluding carboxylic acids is 1. The number of carboxylic acid groups (broad SMARTS) is 1. The normalized spacial score (nSPS) is 16.1. The van der Waals surface area contributed by atoms with Crippen LogP contribution in [0.25, 0.3) is 10.4 Å². The highest BCUT2D eigenvalue weighted by Gasteiger charge is 2.18. The molecular weight excluding hydrogens is 394 g/mol. The van der Waals surface area contributed by atoms with Crippen molar-refractivity contribution < 1.29 is 14.7 Å². The maximum atomic E-state index is 11.2. The van der Waals surface area contributed by atoms with Crippen molar-refractivity contribution in [2.75, 3.05) is 12.4 Å². The smallest absolute Gasteiger partial charge is 0.339 e. The third kappa shape index (κ3) is 6.21. The van der Waals surface area contributed by atoms with Gasteiger partial charge in [-0.15, -0.1) is 11.3 Å². The highest BCUT2D eigenvalue weighted by molar-refractivity contribution is 7.14. The number of halogens is 1. The van der Waals surface area contributed by atoms with E-state index >= 15 is 0 Å².